The minimum absolute atomic E-state index is 0.107. The Bertz CT molecular complexity index is 878. The van der Waals surface area contributed by atoms with Crippen molar-refractivity contribution in [2.75, 3.05) is 11.9 Å². The summed E-state index contributed by atoms with van der Waals surface area (Å²) in [5.41, 5.74) is 1.35. The second-order valence-electron chi connectivity index (χ2n) is 6.24. The summed E-state index contributed by atoms with van der Waals surface area (Å²) >= 11 is 8.59. The van der Waals surface area contributed by atoms with Gasteiger partial charge >= 0.3 is 0 Å². The van der Waals surface area contributed by atoms with Gasteiger partial charge in [0.25, 0.3) is 5.91 Å². The molecule has 2 aromatic rings. The molecule has 2 rings (SSSR count). The van der Waals surface area contributed by atoms with Gasteiger partial charge in [-0.25, -0.2) is 0 Å². The summed E-state index contributed by atoms with van der Waals surface area (Å²) in [7, 11) is 0. The highest BCUT2D eigenvalue weighted by molar-refractivity contribution is 9.10. The summed E-state index contributed by atoms with van der Waals surface area (Å²) in [6.07, 6.45) is 0.891. The lowest BCUT2D eigenvalue weighted by Gasteiger charge is -2.14. The molecule has 0 unspecified atom stereocenters. The number of anilines is 1. The minimum Gasteiger partial charge on any atom is -0.493 e. The molecule has 0 aliphatic heterocycles. The Morgan fingerprint density at radius 3 is 2.74 bits per heavy atom. The van der Waals surface area contributed by atoms with Crippen LogP contribution >= 0.6 is 28.1 Å². The Morgan fingerprint density at radius 1 is 1.30 bits per heavy atom. The fourth-order valence-electron chi connectivity index (χ4n) is 2.22. The van der Waals surface area contributed by atoms with Gasteiger partial charge in [0.05, 0.1) is 23.4 Å². The number of nitrogens with one attached hydrogen (secondary N) is 2. The van der Waals surface area contributed by atoms with E-state index >= 15 is 0 Å². The topological polar surface area (TPSA) is 74.2 Å². The Hall–Kier alpha value is -2.43. The Balaban J connectivity index is 2.09. The largest absolute Gasteiger partial charge is 0.493 e. The van der Waals surface area contributed by atoms with Crippen LogP contribution in [0.3, 0.4) is 0 Å². The summed E-state index contributed by atoms with van der Waals surface area (Å²) in [5.74, 6) is 0.620. The fourth-order valence-corrected chi connectivity index (χ4v) is 2.79. The third-order valence-corrected chi connectivity index (χ3v) is 4.36. The van der Waals surface area contributed by atoms with E-state index < -0.39 is 0 Å². The van der Waals surface area contributed by atoms with E-state index in [1.807, 2.05) is 6.07 Å². The Morgan fingerprint density at radius 2 is 2.04 bits per heavy atom. The van der Waals surface area contributed by atoms with Crippen LogP contribution in [0.4, 0.5) is 5.69 Å². The van der Waals surface area contributed by atoms with Gasteiger partial charge in [0.15, 0.2) is 5.11 Å². The highest BCUT2D eigenvalue weighted by Gasteiger charge is 2.15. The number of rotatable bonds is 6. The van der Waals surface area contributed by atoms with Crippen LogP contribution in [0.5, 0.6) is 5.75 Å². The lowest BCUT2D eigenvalue weighted by Crippen LogP contribution is -2.34. The molecule has 2 aromatic carbocycles. The number of ether oxygens (including phenoxy) is 1. The Labute approximate surface area is 172 Å². The SMILES string of the molecule is CC(C)CCOc1ccc(Br)cc1C(=O)NC(=S)Nc1ccccc1C#N. The van der Waals surface area contributed by atoms with E-state index in [2.05, 4.69) is 46.5 Å². The van der Waals surface area contributed by atoms with Crippen molar-refractivity contribution in [2.24, 2.45) is 5.92 Å². The smallest absolute Gasteiger partial charge is 0.261 e. The van der Waals surface area contributed by atoms with Gasteiger partial charge in [0, 0.05) is 4.47 Å². The molecule has 0 aliphatic carbocycles. The minimum atomic E-state index is -0.386. The average molecular weight is 446 g/mol. The van der Waals surface area contributed by atoms with Crippen molar-refractivity contribution in [3.05, 3.63) is 58.1 Å². The number of carbonyl (C=O) groups is 1. The number of benzene rings is 2. The number of amides is 1. The van der Waals surface area contributed by atoms with Crippen LogP contribution in [0.15, 0.2) is 46.9 Å². The number of carbonyl (C=O) groups excluding carboxylic acids is 1. The van der Waals surface area contributed by atoms with E-state index in [1.54, 1.807) is 36.4 Å². The van der Waals surface area contributed by atoms with E-state index in [0.717, 1.165) is 10.9 Å². The second-order valence-corrected chi connectivity index (χ2v) is 7.56. The first-order valence-corrected chi connectivity index (χ1v) is 9.64. The van der Waals surface area contributed by atoms with Crippen molar-refractivity contribution in [1.82, 2.24) is 5.32 Å². The van der Waals surface area contributed by atoms with E-state index in [9.17, 15) is 4.79 Å². The molecular formula is C20H20BrN3O2S. The monoisotopic (exact) mass is 445 g/mol. The third-order valence-electron chi connectivity index (χ3n) is 3.66. The summed E-state index contributed by atoms with van der Waals surface area (Å²) in [6.45, 7) is 4.75. The third kappa shape index (κ3) is 6.35. The molecule has 0 radical (unpaired) electrons. The first-order valence-electron chi connectivity index (χ1n) is 8.44. The zero-order valence-electron chi connectivity index (χ0n) is 15.1. The highest BCUT2D eigenvalue weighted by atomic mass is 79.9. The van der Waals surface area contributed by atoms with Crippen LogP contribution in [0.1, 0.15) is 36.2 Å². The molecule has 0 atom stereocenters. The summed E-state index contributed by atoms with van der Waals surface area (Å²) in [6, 6.07) is 14.3. The molecule has 0 spiro atoms. The number of nitriles is 1. The van der Waals surface area contributed by atoms with E-state index in [1.165, 1.54) is 0 Å². The quantitative estimate of drug-likeness (QED) is 0.620. The summed E-state index contributed by atoms with van der Waals surface area (Å²) in [4.78, 5) is 12.7. The Kier molecular flexibility index (Phi) is 7.77. The van der Waals surface area contributed by atoms with Gasteiger partial charge in [-0.05, 0) is 54.9 Å². The number of thiocarbonyl (C=S) groups is 1. The molecule has 0 saturated carbocycles. The van der Waals surface area contributed by atoms with Crippen LogP contribution in [0.2, 0.25) is 0 Å². The van der Waals surface area contributed by atoms with Crippen LogP contribution < -0.4 is 15.4 Å². The van der Waals surface area contributed by atoms with Crippen molar-refractivity contribution in [3.8, 4) is 11.8 Å². The average Bonchev–Trinajstić information content (AvgIpc) is 2.63. The molecule has 1 amide bonds. The molecule has 0 saturated heterocycles. The van der Waals surface area contributed by atoms with Gasteiger partial charge in [-0.1, -0.05) is 41.9 Å². The number of para-hydroxylation sites is 1. The number of halogens is 1. The van der Waals surface area contributed by atoms with Gasteiger partial charge < -0.3 is 10.1 Å². The maximum atomic E-state index is 12.7. The van der Waals surface area contributed by atoms with Crippen LogP contribution in [0, 0.1) is 17.2 Å². The molecule has 0 bridgehead atoms. The van der Waals surface area contributed by atoms with Crippen molar-refractivity contribution in [1.29, 1.82) is 5.26 Å². The van der Waals surface area contributed by atoms with Gasteiger partial charge in [0.1, 0.15) is 11.8 Å². The maximum Gasteiger partial charge on any atom is 0.261 e. The molecule has 0 aliphatic rings. The number of nitrogens with zero attached hydrogens (tertiary/aromatic N) is 1. The highest BCUT2D eigenvalue weighted by Crippen LogP contribution is 2.24. The lowest BCUT2D eigenvalue weighted by molar-refractivity contribution is 0.0973. The maximum absolute atomic E-state index is 12.7. The first-order chi connectivity index (χ1) is 12.9. The number of hydrogen-bond donors (Lipinski definition) is 2. The van der Waals surface area contributed by atoms with Crippen LogP contribution in [-0.2, 0) is 0 Å². The molecule has 0 fully saturated rings. The van der Waals surface area contributed by atoms with Crippen molar-refractivity contribution < 1.29 is 9.53 Å². The van der Waals surface area contributed by atoms with Gasteiger partial charge in [-0.15, -0.1) is 0 Å². The van der Waals surface area contributed by atoms with Gasteiger partial charge in [-0.2, -0.15) is 5.26 Å². The molecule has 7 heteroatoms. The molecule has 2 N–H and O–H groups in total. The molecule has 0 aromatic heterocycles. The predicted octanol–water partition coefficient (Wildman–Crippen LogP) is 4.87. The second kappa shape index (κ2) is 10.0. The van der Waals surface area contributed by atoms with Crippen molar-refractivity contribution in [2.45, 2.75) is 20.3 Å². The normalized spacial score (nSPS) is 10.2. The molecule has 0 heterocycles. The number of hydrogen-bond acceptors (Lipinski definition) is 4. The molecular weight excluding hydrogens is 426 g/mol. The predicted molar refractivity (Wildman–Crippen MR) is 114 cm³/mol. The fraction of sp³-hybridized carbons (Fsp3) is 0.250. The molecule has 27 heavy (non-hydrogen) atoms. The van der Waals surface area contributed by atoms with E-state index in [-0.39, 0.29) is 11.0 Å². The van der Waals surface area contributed by atoms with Gasteiger partial charge in [-0.3, -0.25) is 10.1 Å². The first kappa shape index (κ1) is 20.9. The summed E-state index contributed by atoms with van der Waals surface area (Å²) < 4.78 is 6.53. The standard InChI is InChI=1S/C20H20BrN3O2S/c1-13(2)9-10-26-18-8-7-15(21)11-16(18)19(25)24-20(27)23-17-6-4-3-5-14(17)12-22/h3-8,11,13H,9-10H2,1-2H3,(H2,23,24,25,27). The van der Waals surface area contributed by atoms with E-state index in [4.69, 9.17) is 22.2 Å². The molecule has 140 valence electrons. The summed E-state index contributed by atoms with van der Waals surface area (Å²) in [5, 5.41) is 14.8. The van der Waals surface area contributed by atoms with Crippen molar-refractivity contribution in [3.63, 3.8) is 0 Å². The van der Waals surface area contributed by atoms with Crippen LogP contribution in [-0.4, -0.2) is 17.6 Å². The van der Waals surface area contributed by atoms with Crippen molar-refractivity contribution >= 4 is 44.9 Å². The van der Waals surface area contributed by atoms with E-state index in [0.29, 0.717) is 35.1 Å². The molecule has 5 nitrogen and oxygen atoms in total. The van der Waals surface area contributed by atoms with Crippen LogP contribution in [0.25, 0.3) is 0 Å². The zero-order chi connectivity index (χ0) is 19.8. The lowest BCUT2D eigenvalue weighted by atomic mass is 10.1. The zero-order valence-corrected chi connectivity index (χ0v) is 17.5. The van der Waals surface area contributed by atoms with Gasteiger partial charge in [0.2, 0.25) is 0 Å².